The third-order valence-electron chi connectivity index (χ3n) is 2.92. The predicted octanol–water partition coefficient (Wildman–Crippen LogP) is 1.96. The fourth-order valence-corrected chi connectivity index (χ4v) is 2.02. The third-order valence-corrected chi connectivity index (χ3v) is 3.16. The van der Waals surface area contributed by atoms with E-state index in [-0.39, 0.29) is 16.4 Å². The quantitative estimate of drug-likeness (QED) is 0.644. The zero-order valence-corrected chi connectivity index (χ0v) is 12.6. The number of halogens is 1. The number of hydrogen-bond donors (Lipinski definition) is 1. The van der Waals surface area contributed by atoms with E-state index < -0.39 is 33.5 Å². The first-order chi connectivity index (χ1) is 11.3. The second-order valence-corrected chi connectivity index (χ2v) is 5.01. The Balaban J connectivity index is 2.23. The molecular formula is C13H9ClN4O6. The topological polar surface area (TPSA) is 137 Å². The molecule has 124 valence electrons. The molecule has 1 N–H and O–H groups in total. The molecule has 0 spiro atoms. The highest BCUT2D eigenvalue weighted by molar-refractivity contribution is 6.31. The van der Waals surface area contributed by atoms with Gasteiger partial charge in [-0.05, 0) is 12.1 Å². The highest BCUT2D eigenvalue weighted by Crippen LogP contribution is 2.27. The number of amides is 1. The predicted molar refractivity (Wildman–Crippen MR) is 84.1 cm³/mol. The zero-order valence-electron chi connectivity index (χ0n) is 11.8. The Morgan fingerprint density at radius 2 is 1.88 bits per heavy atom. The van der Waals surface area contributed by atoms with Crippen LogP contribution in [-0.4, -0.2) is 20.3 Å². The number of pyridine rings is 1. The molecular weight excluding hydrogens is 344 g/mol. The largest absolute Gasteiger partial charge is 0.319 e. The van der Waals surface area contributed by atoms with Crippen LogP contribution >= 0.6 is 11.6 Å². The van der Waals surface area contributed by atoms with Crippen LogP contribution in [0.1, 0.15) is 0 Å². The molecule has 0 aliphatic carbocycles. The standard InChI is InChI=1S/C13H9ClN4O6/c14-8-1-3-10(11(5-8)18(23)24)15-12(19)7-16-6-9(17(21)22)2-4-13(16)20/h1-6H,7H2,(H,15,19). The van der Waals surface area contributed by atoms with Crippen molar-refractivity contribution in [2.24, 2.45) is 0 Å². The summed E-state index contributed by atoms with van der Waals surface area (Å²) in [5, 5.41) is 24.0. The Morgan fingerprint density at radius 1 is 1.17 bits per heavy atom. The molecule has 0 saturated heterocycles. The lowest BCUT2D eigenvalue weighted by atomic mass is 10.2. The molecule has 1 aromatic carbocycles. The molecule has 2 aromatic rings. The Labute approximate surface area is 138 Å². The van der Waals surface area contributed by atoms with Gasteiger partial charge in [-0.15, -0.1) is 0 Å². The highest BCUT2D eigenvalue weighted by Gasteiger charge is 2.17. The molecule has 0 unspecified atom stereocenters. The molecule has 0 saturated carbocycles. The van der Waals surface area contributed by atoms with Gasteiger partial charge in [0.2, 0.25) is 5.91 Å². The van der Waals surface area contributed by atoms with E-state index in [1.165, 1.54) is 12.1 Å². The van der Waals surface area contributed by atoms with Gasteiger partial charge in [-0.3, -0.25) is 34.4 Å². The lowest BCUT2D eigenvalue weighted by Gasteiger charge is -2.08. The summed E-state index contributed by atoms with van der Waals surface area (Å²) in [6.07, 6.45) is 0.915. The van der Waals surface area contributed by atoms with Gasteiger partial charge < -0.3 is 5.32 Å². The SMILES string of the molecule is O=C(Cn1cc([N+](=O)[O-])ccc1=O)Nc1ccc(Cl)cc1[N+](=O)[O-]. The Hall–Kier alpha value is -3.27. The van der Waals surface area contributed by atoms with E-state index in [1.807, 2.05) is 0 Å². The first-order valence-electron chi connectivity index (χ1n) is 6.36. The van der Waals surface area contributed by atoms with E-state index in [2.05, 4.69) is 5.32 Å². The minimum absolute atomic E-state index is 0.104. The van der Waals surface area contributed by atoms with Crippen molar-refractivity contribution in [3.05, 3.63) is 72.1 Å². The van der Waals surface area contributed by atoms with Gasteiger partial charge in [0.25, 0.3) is 16.9 Å². The number of aromatic nitrogens is 1. The summed E-state index contributed by atoms with van der Waals surface area (Å²) in [5.41, 5.74) is -1.50. The number of carbonyl (C=O) groups is 1. The van der Waals surface area contributed by atoms with Gasteiger partial charge in [-0.1, -0.05) is 11.6 Å². The van der Waals surface area contributed by atoms with Crippen molar-refractivity contribution < 1.29 is 14.6 Å². The number of nitro benzene ring substituents is 1. The summed E-state index contributed by atoms with van der Waals surface area (Å²) in [6.45, 7) is -0.541. The first-order valence-corrected chi connectivity index (χ1v) is 6.74. The molecule has 0 bridgehead atoms. The minimum atomic E-state index is -0.761. The van der Waals surface area contributed by atoms with E-state index >= 15 is 0 Å². The van der Waals surface area contributed by atoms with Crippen LogP contribution < -0.4 is 10.9 Å². The van der Waals surface area contributed by atoms with Crippen LogP contribution in [0.4, 0.5) is 17.1 Å². The minimum Gasteiger partial charge on any atom is -0.319 e. The highest BCUT2D eigenvalue weighted by atomic mass is 35.5. The van der Waals surface area contributed by atoms with Crippen molar-refractivity contribution in [1.29, 1.82) is 0 Å². The van der Waals surface area contributed by atoms with Crippen LogP contribution in [0.25, 0.3) is 0 Å². The Morgan fingerprint density at radius 3 is 2.50 bits per heavy atom. The van der Waals surface area contributed by atoms with E-state index in [4.69, 9.17) is 11.6 Å². The van der Waals surface area contributed by atoms with Gasteiger partial charge in [0.05, 0.1) is 16.0 Å². The maximum Gasteiger partial charge on any atom is 0.294 e. The summed E-state index contributed by atoms with van der Waals surface area (Å²) in [7, 11) is 0. The van der Waals surface area contributed by atoms with E-state index in [1.54, 1.807) is 0 Å². The summed E-state index contributed by atoms with van der Waals surface area (Å²) in [4.78, 5) is 43.8. The molecule has 0 aliphatic heterocycles. The van der Waals surface area contributed by atoms with Crippen molar-refractivity contribution in [3.63, 3.8) is 0 Å². The smallest absolute Gasteiger partial charge is 0.294 e. The van der Waals surface area contributed by atoms with E-state index in [0.717, 1.165) is 29.0 Å². The number of rotatable bonds is 5. The van der Waals surface area contributed by atoms with Crippen LogP contribution in [0.2, 0.25) is 5.02 Å². The molecule has 0 fully saturated rings. The average molecular weight is 353 g/mol. The van der Waals surface area contributed by atoms with Gasteiger partial charge in [-0.2, -0.15) is 0 Å². The fourth-order valence-electron chi connectivity index (χ4n) is 1.86. The van der Waals surface area contributed by atoms with Crippen LogP contribution in [0.3, 0.4) is 0 Å². The summed E-state index contributed by atoms with van der Waals surface area (Å²) in [6, 6.07) is 5.63. The number of anilines is 1. The lowest BCUT2D eigenvalue weighted by Crippen LogP contribution is -2.27. The zero-order chi connectivity index (χ0) is 17.9. The number of hydrogen-bond acceptors (Lipinski definition) is 6. The van der Waals surface area contributed by atoms with Gasteiger partial charge in [0.1, 0.15) is 12.2 Å². The first kappa shape index (κ1) is 17.1. The van der Waals surface area contributed by atoms with Crippen LogP contribution in [0.15, 0.2) is 41.3 Å². The molecule has 0 aliphatic rings. The van der Waals surface area contributed by atoms with Crippen molar-refractivity contribution in [1.82, 2.24) is 4.57 Å². The summed E-state index contributed by atoms with van der Waals surface area (Å²) < 4.78 is 0.829. The molecule has 11 heteroatoms. The third kappa shape index (κ3) is 3.93. The molecule has 0 radical (unpaired) electrons. The number of nitrogens with zero attached hydrogens (tertiary/aromatic N) is 3. The molecule has 1 amide bonds. The van der Waals surface area contributed by atoms with Gasteiger partial charge in [0.15, 0.2) is 0 Å². The molecule has 0 atom stereocenters. The van der Waals surface area contributed by atoms with Gasteiger partial charge >= 0.3 is 0 Å². The van der Waals surface area contributed by atoms with Gasteiger partial charge in [0, 0.05) is 23.2 Å². The molecule has 2 rings (SSSR count). The van der Waals surface area contributed by atoms with Crippen LogP contribution in [0, 0.1) is 20.2 Å². The molecule has 1 heterocycles. The van der Waals surface area contributed by atoms with Crippen molar-refractivity contribution in [3.8, 4) is 0 Å². The number of carbonyl (C=O) groups excluding carboxylic acids is 1. The molecule has 24 heavy (non-hydrogen) atoms. The van der Waals surface area contributed by atoms with Crippen LogP contribution in [-0.2, 0) is 11.3 Å². The summed E-state index contributed by atoms with van der Waals surface area (Å²) >= 11 is 5.67. The molecule has 1 aromatic heterocycles. The van der Waals surface area contributed by atoms with Crippen molar-refractivity contribution in [2.45, 2.75) is 6.54 Å². The maximum atomic E-state index is 12.0. The second-order valence-electron chi connectivity index (χ2n) is 4.58. The number of nitro groups is 2. The average Bonchev–Trinajstić information content (AvgIpc) is 2.50. The normalized spacial score (nSPS) is 10.2. The summed E-state index contributed by atoms with van der Waals surface area (Å²) in [5.74, 6) is -0.761. The Kier molecular flexibility index (Phi) is 4.90. The Bertz CT molecular complexity index is 894. The van der Waals surface area contributed by atoms with Crippen molar-refractivity contribution >= 4 is 34.6 Å². The van der Waals surface area contributed by atoms with Crippen molar-refractivity contribution in [2.75, 3.05) is 5.32 Å². The van der Waals surface area contributed by atoms with E-state index in [9.17, 15) is 29.8 Å². The lowest BCUT2D eigenvalue weighted by molar-refractivity contribution is -0.385. The van der Waals surface area contributed by atoms with Gasteiger partial charge in [-0.25, -0.2) is 0 Å². The second kappa shape index (κ2) is 6.87. The molecule has 10 nitrogen and oxygen atoms in total. The van der Waals surface area contributed by atoms with E-state index in [0.29, 0.717) is 0 Å². The number of nitrogens with one attached hydrogen (secondary N) is 1. The fraction of sp³-hybridized carbons (Fsp3) is 0.0769. The maximum absolute atomic E-state index is 12.0. The monoisotopic (exact) mass is 352 g/mol. The number of benzene rings is 1. The van der Waals surface area contributed by atoms with Crippen LogP contribution in [0.5, 0.6) is 0 Å².